The van der Waals surface area contributed by atoms with Gasteiger partial charge >= 0.3 is 0 Å². The number of nitrogens with zero attached hydrogens (tertiary/aromatic N) is 2. The molecule has 17 heavy (non-hydrogen) atoms. The fraction of sp³-hybridized carbons (Fsp3) is 0.769. The lowest BCUT2D eigenvalue weighted by atomic mass is 10.1. The van der Waals surface area contributed by atoms with Gasteiger partial charge in [0.2, 0.25) is 0 Å². The summed E-state index contributed by atoms with van der Waals surface area (Å²) in [5, 5.41) is 3.29. The van der Waals surface area contributed by atoms with Crippen molar-refractivity contribution in [2.24, 2.45) is 5.92 Å². The molecular formula is C13H25N3O. The van der Waals surface area contributed by atoms with Gasteiger partial charge in [0.25, 0.3) is 0 Å². The average molecular weight is 239 g/mol. The highest BCUT2D eigenvalue weighted by Crippen LogP contribution is 2.05. The largest absolute Gasteiger partial charge is 0.383 e. The third kappa shape index (κ3) is 6.44. The summed E-state index contributed by atoms with van der Waals surface area (Å²) in [6, 6.07) is 0. The SMILES string of the molecule is COCCNCc1cn(CCCC(C)C)cn1. The minimum absolute atomic E-state index is 0.745. The summed E-state index contributed by atoms with van der Waals surface area (Å²) in [7, 11) is 1.71. The van der Waals surface area contributed by atoms with Gasteiger partial charge in [0, 0.05) is 32.9 Å². The van der Waals surface area contributed by atoms with E-state index >= 15 is 0 Å². The number of aryl methyl sites for hydroxylation is 1. The molecule has 1 aromatic heterocycles. The smallest absolute Gasteiger partial charge is 0.0949 e. The van der Waals surface area contributed by atoms with E-state index in [2.05, 4.69) is 34.9 Å². The van der Waals surface area contributed by atoms with Gasteiger partial charge in [-0.25, -0.2) is 4.98 Å². The highest BCUT2D eigenvalue weighted by Gasteiger charge is 1.99. The monoisotopic (exact) mass is 239 g/mol. The van der Waals surface area contributed by atoms with E-state index in [4.69, 9.17) is 4.74 Å². The van der Waals surface area contributed by atoms with Crippen LogP contribution in [-0.2, 0) is 17.8 Å². The van der Waals surface area contributed by atoms with Crippen LogP contribution in [0.2, 0.25) is 0 Å². The van der Waals surface area contributed by atoms with Gasteiger partial charge in [-0.05, 0) is 18.8 Å². The van der Waals surface area contributed by atoms with E-state index in [1.807, 2.05) is 6.33 Å². The molecule has 98 valence electrons. The van der Waals surface area contributed by atoms with Crippen molar-refractivity contribution in [2.75, 3.05) is 20.3 Å². The molecule has 1 rings (SSSR count). The predicted octanol–water partition coefficient (Wildman–Crippen LogP) is 2.06. The Bertz CT molecular complexity index is 297. The predicted molar refractivity (Wildman–Crippen MR) is 69.9 cm³/mol. The summed E-state index contributed by atoms with van der Waals surface area (Å²) in [4.78, 5) is 4.37. The molecule has 0 radical (unpaired) electrons. The lowest BCUT2D eigenvalue weighted by Gasteiger charge is -2.04. The molecule has 0 aliphatic carbocycles. The van der Waals surface area contributed by atoms with Crippen LogP contribution >= 0.6 is 0 Å². The molecule has 1 N–H and O–H groups in total. The number of hydrogen-bond donors (Lipinski definition) is 1. The summed E-state index contributed by atoms with van der Waals surface area (Å²) >= 11 is 0. The molecular weight excluding hydrogens is 214 g/mol. The molecule has 0 unspecified atom stereocenters. The number of rotatable bonds is 9. The number of imidazole rings is 1. The summed E-state index contributed by atoms with van der Waals surface area (Å²) in [5.74, 6) is 0.786. The Morgan fingerprint density at radius 2 is 2.29 bits per heavy atom. The van der Waals surface area contributed by atoms with Gasteiger partial charge in [-0.15, -0.1) is 0 Å². The quantitative estimate of drug-likeness (QED) is 0.670. The second-order valence-electron chi connectivity index (χ2n) is 4.81. The topological polar surface area (TPSA) is 39.1 Å². The normalized spacial score (nSPS) is 11.3. The Morgan fingerprint density at radius 1 is 1.47 bits per heavy atom. The molecule has 0 fully saturated rings. The fourth-order valence-corrected chi connectivity index (χ4v) is 1.69. The van der Waals surface area contributed by atoms with Gasteiger partial charge in [0.05, 0.1) is 18.6 Å². The highest BCUT2D eigenvalue weighted by atomic mass is 16.5. The third-order valence-electron chi connectivity index (χ3n) is 2.67. The van der Waals surface area contributed by atoms with Crippen molar-refractivity contribution in [2.45, 2.75) is 39.8 Å². The van der Waals surface area contributed by atoms with E-state index < -0.39 is 0 Å². The maximum Gasteiger partial charge on any atom is 0.0949 e. The minimum Gasteiger partial charge on any atom is -0.383 e. The number of methoxy groups -OCH3 is 1. The van der Waals surface area contributed by atoms with Gasteiger partial charge in [0.15, 0.2) is 0 Å². The van der Waals surface area contributed by atoms with Crippen LogP contribution in [-0.4, -0.2) is 29.8 Å². The van der Waals surface area contributed by atoms with E-state index in [1.165, 1.54) is 12.8 Å². The molecule has 0 aromatic carbocycles. The molecule has 4 nitrogen and oxygen atoms in total. The molecule has 1 aromatic rings. The van der Waals surface area contributed by atoms with Gasteiger partial charge in [-0.2, -0.15) is 0 Å². The summed E-state index contributed by atoms with van der Waals surface area (Å²) in [6.07, 6.45) is 6.55. The van der Waals surface area contributed by atoms with Gasteiger partial charge in [0.1, 0.15) is 0 Å². The first-order valence-electron chi connectivity index (χ1n) is 6.42. The van der Waals surface area contributed by atoms with Crippen LogP contribution < -0.4 is 5.32 Å². The maximum absolute atomic E-state index is 4.97. The number of aromatic nitrogens is 2. The van der Waals surface area contributed by atoms with Crippen molar-refractivity contribution < 1.29 is 4.74 Å². The van der Waals surface area contributed by atoms with Gasteiger partial charge < -0.3 is 14.6 Å². The summed E-state index contributed by atoms with van der Waals surface area (Å²) in [6.45, 7) is 8.04. The second-order valence-corrected chi connectivity index (χ2v) is 4.81. The molecule has 4 heteroatoms. The number of hydrogen-bond acceptors (Lipinski definition) is 3. The molecule has 0 aliphatic heterocycles. The highest BCUT2D eigenvalue weighted by molar-refractivity contribution is 4.95. The summed E-state index contributed by atoms with van der Waals surface area (Å²) < 4.78 is 7.15. The van der Waals surface area contributed by atoms with Crippen LogP contribution in [0.3, 0.4) is 0 Å². The molecule has 0 saturated heterocycles. The molecule has 0 saturated carbocycles. The van der Waals surface area contributed by atoms with Crippen LogP contribution in [0.4, 0.5) is 0 Å². The van der Waals surface area contributed by atoms with Crippen LogP contribution in [0.5, 0.6) is 0 Å². The average Bonchev–Trinajstić information content (AvgIpc) is 2.72. The molecule has 0 bridgehead atoms. The van der Waals surface area contributed by atoms with Crippen molar-refractivity contribution >= 4 is 0 Å². The lowest BCUT2D eigenvalue weighted by molar-refractivity contribution is 0.199. The Hall–Kier alpha value is -0.870. The third-order valence-corrected chi connectivity index (χ3v) is 2.67. The van der Waals surface area contributed by atoms with Crippen molar-refractivity contribution in [1.82, 2.24) is 14.9 Å². The van der Waals surface area contributed by atoms with E-state index in [1.54, 1.807) is 7.11 Å². The van der Waals surface area contributed by atoms with Crippen molar-refractivity contribution in [3.8, 4) is 0 Å². The van der Waals surface area contributed by atoms with Crippen LogP contribution in [0.15, 0.2) is 12.5 Å². The van der Waals surface area contributed by atoms with E-state index in [9.17, 15) is 0 Å². The van der Waals surface area contributed by atoms with Gasteiger partial charge in [-0.3, -0.25) is 0 Å². The maximum atomic E-state index is 4.97. The zero-order valence-corrected chi connectivity index (χ0v) is 11.3. The second kappa shape index (κ2) is 8.25. The van der Waals surface area contributed by atoms with Gasteiger partial charge in [-0.1, -0.05) is 13.8 Å². The van der Waals surface area contributed by atoms with Crippen molar-refractivity contribution in [3.63, 3.8) is 0 Å². The lowest BCUT2D eigenvalue weighted by Crippen LogP contribution is -2.18. The Labute approximate surface area is 104 Å². The Kier molecular flexibility index (Phi) is 6.89. The first-order valence-corrected chi connectivity index (χ1v) is 6.42. The zero-order valence-electron chi connectivity index (χ0n) is 11.3. The first-order chi connectivity index (χ1) is 8.22. The van der Waals surface area contributed by atoms with E-state index in [-0.39, 0.29) is 0 Å². The molecule has 0 amide bonds. The minimum atomic E-state index is 0.745. The number of nitrogens with one attached hydrogen (secondary N) is 1. The fourth-order valence-electron chi connectivity index (χ4n) is 1.69. The molecule has 0 spiro atoms. The Balaban J connectivity index is 2.18. The molecule has 0 aliphatic rings. The van der Waals surface area contributed by atoms with Crippen molar-refractivity contribution in [3.05, 3.63) is 18.2 Å². The number of ether oxygens (including phenoxy) is 1. The van der Waals surface area contributed by atoms with Crippen LogP contribution in [0.1, 0.15) is 32.4 Å². The Morgan fingerprint density at radius 3 is 3.00 bits per heavy atom. The zero-order chi connectivity index (χ0) is 12.5. The molecule has 1 heterocycles. The first kappa shape index (κ1) is 14.2. The molecule has 0 atom stereocenters. The van der Waals surface area contributed by atoms with Crippen molar-refractivity contribution in [1.29, 1.82) is 0 Å². The van der Waals surface area contributed by atoms with Crippen LogP contribution in [0, 0.1) is 5.92 Å². The van der Waals surface area contributed by atoms with Crippen LogP contribution in [0.25, 0.3) is 0 Å². The van der Waals surface area contributed by atoms with E-state index in [0.717, 1.165) is 37.9 Å². The standard InChI is InChI=1S/C13H25N3O/c1-12(2)5-4-7-16-10-13(15-11-16)9-14-6-8-17-3/h10-12,14H,4-9H2,1-3H3. The van der Waals surface area contributed by atoms with E-state index in [0.29, 0.717) is 0 Å². The summed E-state index contributed by atoms with van der Waals surface area (Å²) in [5.41, 5.74) is 1.10.